The molecule has 0 amide bonds. The van der Waals surface area contributed by atoms with Crippen molar-refractivity contribution in [2.75, 3.05) is 0 Å². The van der Waals surface area contributed by atoms with E-state index in [2.05, 4.69) is 60.6 Å². The molecule has 0 radical (unpaired) electrons. The molecule has 2 bridgehead atoms. The van der Waals surface area contributed by atoms with E-state index < -0.39 is 11.5 Å². The lowest BCUT2D eigenvalue weighted by Gasteiger charge is -2.69. The zero-order valence-corrected chi connectivity index (χ0v) is 22.2. The van der Waals surface area contributed by atoms with Crippen molar-refractivity contribution in [3.05, 3.63) is 23.3 Å². The Balaban J connectivity index is 1.54. The molecule has 0 unspecified atom stereocenters. The first-order valence-corrected chi connectivity index (χ1v) is 13.6. The first kappa shape index (κ1) is 23.3. The first-order valence-electron chi connectivity index (χ1n) is 13.6. The zero-order valence-electron chi connectivity index (χ0n) is 22.2. The molecule has 9 atom stereocenters. The molecule has 188 valence electrons. The van der Waals surface area contributed by atoms with Gasteiger partial charge in [-0.15, -0.1) is 0 Å². The molecular formula is C30H44O4. The highest BCUT2D eigenvalue weighted by molar-refractivity contribution is 5.86. The zero-order chi connectivity index (χ0) is 24.7. The van der Waals surface area contributed by atoms with Crippen LogP contribution in [0.1, 0.15) is 93.4 Å². The van der Waals surface area contributed by atoms with Crippen molar-refractivity contribution >= 4 is 5.97 Å². The summed E-state index contributed by atoms with van der Waals surface area (Å²) in [5.41, 5.74) is 1.36. The van der Waals surface area contributed by atoms with Crippen LogP contribution in [0.3, 0.4) is 0 Å². The Labute approximate surface area is 205 Å². The van der Waals surface area contributed by atoms with E-state index in [1.165, 1.54) is 11.1 Å². The van der Waals surface area contributed by atoms with Gasteiger partial charge in [0.2, 0.25) is 0 Å². The standard InChI is InChI=1S/C30H44O4/c1-25(2)14-18-17-8-9-20-27(5)12-11-21(31)26(3,4)19(27)10-13-28(20,6)29(17,7)15-22(32)30(18)16-23(25)34-24(30)33/h8-9,19-23,31-32H,10-16H2,1-7H3/t19-,20+,21-,22+,23-,27-,28+,29+,30+/m0/s1. The molecule has 5 aliphatic carbocycles. The summed E-state index contributed by atoms with van der Waals surface area (Å²) < 4.78 is 5.91. The Morgan fingerprint density at radius 1 is 0.941 bits per heavy atom. The third kappa shape index (κ3) is 2.37. The predicted molar refractivity (Wildman–Crippen MR) is 132 cm³/mol. The van der Waals surface area contributed by atoms with Crippen LogP contribution in [0.15, 0.2) is 23.3 Å². The quantitative estimate of drug-likeness (QED) is 0.456. The van der Waals surface area contributed by atoms with Gasteiger partial charge in [0.1, 0.15) is 11.5 Å². The first-order chi connectivity index (χ1) is 15.6. The summed E-state index contributed by atoms with van der Waals surface area (Å²) in [7, 11) is 0. The van der Waals surface area contributed by atoms with Crippen molar-refractivity contribution in [2.45, 2.75) is 112 Å². The van der Waals surface area contributed by atoms with Crippen LogP contribution in [-0.4, -0.2) is 34.5 Å². The second-order valence-corrected chi connectivity index (χ2v) is 14.9. The van der Waals surface area contributed by atoms with Crippen LogP contribution in [0.4, 0.5) is 0 Å². The third-order valence-corrected chi connectivity index (χ3v) is 12.8. The molecule has 1 saturated heterocycles. The summed E-state index contributed by atoms with van der Waals surface area (Å²) in [4.78, 5) is 13.3. The summed E-state index contributed by atoms with van der Waals surface area (Å²) in [6.45, 7) is 16.3. The largest absolute Gasteiger partial charge is 0.461 e. The molecule has 4 fully saturated rings. The summed E-state index contributed by atoms with van der Waals surface area (Å²) in [5.74, 6) is 0.670. The Morgan fingerprint density at radius 3 is 2.35 bits per heavy atom. The maximum Gasteiger partial charge on any atom is 0.319 e. The van der Waals surface area contributed by atoms with Crippen molar-refractivity contribution in [1.82, 2.24) is 0 Å². The van der Waals surface area contributed by atoms with E-state index in [-0.39, 0.29) is 45.3 Å². The number of esters is 1. The molecule has 0 aromatic rings. The lowest BCUT2D eigenvalue weighted by Crippen LogP contribution is -2.64. The average Bonchev–Trinajstić information content (AvgIpc) is 3.05. The van der Waals surface area contributed by atoms with Crippen LogP contribution < -0.4 is 0 Å². The normalized spacial score (nSPS) is 54.5. The smallest absolute Gasteiger partial charge is 0.319 e. The second-order valence-electron chi connectivity index (χ2n) is 14.9. The Morgan fingerprint density at radius 2 is 1.65 bits per heavy atom. The minimum Gasteiger partial charge on any atom is -0.461 e. The number of ether oxygens (including phenoxy) is 1. The molecule has 1 heterocycles. The number of aliphatic hydroxyl groups excluding tert-OH is 2. The van der Waals surface area contributed by atoms with Gasteiger partial charge < -0.3 is 14.9 Å². The van der Waals surface area contributed by atoms with Crippen molar-refractivity contribution in [3.63, 3.8) is 0 Å². The van der Waals surface area contributed by atoms with E-state index in [1.54, 1.807) is 0 Å². The van der Waals surface area contributed by atoms with Gasteiger partial charge >= 0.3 is 5.97 Å². The summed E-state index contributed by atoms with van der Waals surface area (Å²) in [6, 6.07) is 0. The third-order valence-electron chi connectivity index (χ3n) is 12.8. The van der Waals surface area contributed by atoms with Crippen LogP contribution in [0.2, 0.25) is 0 Å². The molecule has 6 rings (SSSR count). The number of allylic oxidation sites excluding steroid dienone is 3. The van der Waals surface area contributed by atoms with Gasteiger partial charge in [0.05, 0.1) is 12.2 Å². The molecule has 3 saturated carbocycles. The predicted octanol–water partition coefficient (Wildman–Crippen LogP) is 5.58. The number of hydrogen-bond acceptors (Lipinski definition) is 4. The average molecular weight is 469 g/mol. The van der Waals surface area contributed by atoms with E-state index in [9.17, 15) is 15.0 Å². The molecule has 0 aromatic heterocycles. The van der Waals surface area contributed by atoms with Gasteiger partial charge in [-0.1, -0.05) is 60.6 Å². The van der Waals surface area contributed by atoms with Crippen molar-refractivity contribution in [1.29, 1.82) is 0 Å². The van der Waals surface area contributed by atoms with Crippen molar-refractivity contribution in [2.24, 2.45) is 44.3 Å². The van der Waals surface area contributed by atoms with Gasteiger partial charge in [0.15, 0.2) is 0 Å². The van der Waals surface area contributed by atoms with E-state index in [0.29, 0.717) is 24.7 Å². The van der Waals surface area contributed by atoms with Gasteiger partial charge in [-0.25, -0.2) is 0 Å². The molecule has 0 aromatic carbocycles. The van der Waals surface area contributed by atoms with Crippen LogP contribution >= 0.6 is 0 Å². The number of aliphatic hydroxyl groups is 2. The minimum atomic E-state index is -0.847. The molecule has 34 heavy (non-hydrogen) atoms. The van der Waals surface area contributed by atoms with Gasteiger partial charge in [-0.2, -0.15) is 0 Å². The number of carbonyl (C=O) groups is 1. The van der Waals surface area contributed by atoms with E-state index in [1.807, 2.05) is 0 Å². The Hall–Kier alpha value is -1.13. The minimum absolute atomic E-state index is 0.000202. The molecule has 6 aliphatic rings. The van der Waals surface area contributed by atoms with E-state index >= 15 is 0 Å². The topological polar surface area (TPSA) is 66.8 Å². The highest BCUT2D eigenvalue weighted by Gasteiger charge is 2.71. The molecule has 1 spiro atoms. The van der Waals surface area contributed by atoms with Gasteiger partial charge in [-0.05, 0) is 77.8 Å². The maximum absolute atomic E-state index is 13.3. The van der Waals surface area contributed by atoms with Gasteiger partial charge in [-0.3, -0.25) is 4.79 Å². The molecule has 4 nitrogen and oxygen atoms in total. The lowest BCUT2D eigenvalue weighted by molar-refractivity contribution is -0.188. The summed E-state index contributed by atoms with van der Waals surface area (Å²) >= 11 is 0. The molecule has 1 aliphatic heterocycles. The summed E-state index contributed by atoms with van der Waals surface area (Å²) in [5, 5.41) is 22.6. The SMILES string of the molecule is CC1(C)CC2=C3C=C[C@@H]4[C@@]5(C)CC[C@H](O)C(C)(C)[C@@H]5CC[C@@]4(C)[C@]3(C)C[C@@H](O)[C@@]23C[C@@H]1OC3=O. The van der Waals surface area contributed by atoms with Crippen LogP contribution in [0, 0.1) is 44.3 Å². The van der Waals surface area contributed by atoms with Gasteiger partial charge in [0.25, 0.3) is 0 Å². The Kier molecular flexibility index (Phi) is 4.38. The van der Waals surface area contributed by atoms with Crippen LogP contribution in [-0.2, 0) is 9.53 Å². The van der Waals surface area contributed by atoms with Crippen molar-refractivity contribution in [3.8, 4) is 0 Å². The monoisotopic (exact) mass is 468 g/mol. The molecular weight excluding hydrogens is 424 g/mol. The van der Waals surface area contributed by atoms with Crippen molar-refractivity contribution < 1.29 is 19.7 Å². The van der Waals surface area contributed by atoms with Crippen LogP contribution in [0.25, 0.3) is 0 Å². The highest BCUT2D eigenvalue weighted by Crippen LogP contribution is 2.74. The van der Waals surface area contributed by atoms with E-state index in [4.69, 9.17) is 4.74 Å². The number of rotatable bonds is 0. The lowest BCUT2D eigenvalue weighted by atomic mass is 9.35. The number of fused-ring (bicyclic) bond motifs is 6. The number of carbonyl (C=O) groups excluding carboxylic acids is 1. The Bertz CT molecular complexity index is 1020. The number of hydrogen-bond donors (Lipinski definition) is 2. The summed E-state index contributed by atoms with van der Waals surface area (Å²) in [6.07, 6.45) is 9.96. The highest BCUT2D eigenvalue weighted by atomic mass is 16.6. The van der Waals surface area contributed by atoms with Crippen LogP contribution in [0.5, 0.6) is 0 Å². The molecule has 2 N–H and O–H groups in total. The van der Waals surface area contributed by atoms with E-state index in [0.717, 1.165) is 32.1 Å². The fraction of sp³-hybridized carbons (Fsp3) is 0.833. The van der Waals surface area contributed by atoms with Gasteiger partial charge in [0, 0.05) is 17.3 Å². The maximum atomic E-state index is 13.3. The second kappa shape index (κ2) is 6.40. The molecule has 4 heteroatoms. The fourth-order valence-electron chi connectivity index (χ4n) is 10.4. The fourth-order valence-corrected chi connectivity index (χ4v) is 10.4.